The van der Waals surface area contributed by atoms with Crippen LogP contribution in [0, 0.1) is 5.41 Å². The van der Waals surface area contributed by atoms with Crippen molar-refractivity contribution >= 4 is 15.9 Å². The molecule has 118 valence electrons. The summed E-state index contributed by atoms with van der Waals surface area (Å²) >= 11 is 3.83. The van der Waals surface area contributed by atoms with E-state index in [9.17, 15) is 0 Å². The highest BCUT2D eigenvalue weighted by atomic mass is 79.9. The Morgan fingerprint density at radius 2 is 1.85 bits per heavy atom. The van der Waals surface area contributed by atoms with E-state index >= 15 is 0 Å². The number of morpholine rings is 1. The van der Waals surface area contributed by atoms with Crippen LogP contribution in [0.2, 0.25) is 0 Å². The fraction of sp³-hybridized carbons (Fsp3) is 1.00. The van der Waals surface area contributed by atoms with Crippen molar-refractivity contribution in [2.24, 2.45) is 5.41 Å². The van der Waals surface area contributed by atoms with Crippen LogP contribution in [0.25, 0.3) is 0 Å². The average molecular weight is 346 g/mol. The Kier molecular flexibility index (Phi) is 6.83. The molecule has 2 fully saturated rings. The van der Waals surface area contributed by atoms with Crippen LogP contribution >= 0.6 is 15.9 Å². The number of ether oxygens (including phenoxy) is 1. The van der Waals surface area contributed by atoms with Gasteiger partial charge < -0.3 is 4.74 Å². The predicted octanol–water partition coefficient (Wildman–Crippen LogP) is 4.61. The van der Waals surface area contributed by atoms with Crippen molar-refractivity contribution in [2.45, 2.75) is 77.4 Å². The summed E-state index contributed by atoms with van der Waals surface area (Å²) in [6.45, 7) is 8.01. The molecule has 2 rings (SSSR count). The van der Waals surface area contributed by atoms with Crippen molar-refractivity contribution in [3.8, 4) is 0 Å². The van der Waals surface area contributed by atoms with Crippen LogP contribution in [-0.4, -0.2) is 42.1 Å². The minimum atomic E-state index is 0.475. The van der Waals surface area contributed by atoms with Crippen molar-refractivity contribution in [2.75, 3.05) is 25.0 Å². The second kappa shape index (κ2) is 8.14. The minimum Gasteiger partial charge on any atom is -0.375 e. The molecular weight excluding hydrogens is 314 g/mol. The van der Waals surface area contributed by atoms with Gasteiger partial charge in [0.2, 0.25) is 0 Å². The van der Waals surface area contributed by atoms with Gasteiger partial charge in [0.1, 0.15) is 0 Å². The fourth-order valence-corrected chi connectivity index (χ4v) is 5.06. The lowest BCUT2D eigenvalue weighted by atomic mass is 9.79. The molecule has 1 heterocycles. The Labute approximate surface area is 133 Å². The number of rotatable bonds is 7. The molecule has 1 saturated heterocycles. The van der Waals surface area contributed by atoms with E-state index in [2.05, 4.69) is 34.7 Å². The van der Waals surface area contributed by atoms with Gasteiger partial charge in [-0.3, -0.25) is 4.90 Å². The normalized spacial score (nSPS) is 28.4. The van der Waals surface area contributed by atoms with Crippen molar-refractivity contribution in [1.82, 2.24) is 4.90 Å². The molecule has 0 bridgehead atoms. The van der Waals surface area contributed by atoms with Crippen LogP contribution in [0.5, 0.6) is 0 Å². The zero-order chi connectivity index (χ0) is 14.4. The average Bonchev–Trinajstić information content (AvgIpc) is 2.48. The van der Waals surface area contributed by atoms with E-state index in [1.165, 1.54) is 57.9 Å². The lowest BCUT2D eigenvalue weighted by molar-refractivity contribution is -0.0985. The Morgan fingerprint density at radius 3 is 2.50 bits per heavy atom. The molecule has 1 saturated carbocycles. The smallest absolute Gasteiger partial charge is 0.0730 e. The van der Waals surface area contributed by atoms with Gasteiger partial charge in [-0.25, -0.2) is 0 Å². The highest BCUT2D eigenvalue weighted by Gasteiger charge is 2.38. The number of hydrogen-bond donors (Lipinski definition) is 0. The second-order valence-corrected chi connectivity index (χ2v) is 7.43. The van der Waals surface area contributed by atoms with Crippen LogP contribution < -0.4 is 0 Å². The number of nitrogens with zero attached hydrogens (tertiary/aromatic N) is 1. The summed E-state index contributed by atoms with van der Waals surface area (Å²) in [5, 5.41) is 1.15. The summed E-state index contributed by atoms with van der Waals surface area (Å²) in [6, 6.07) is 0.699. The lowest BCUT2D eigenvalue weighted by Gasteiger charge is -2.47. The molecule has 0 spiro atoms. The van der Waals surface area contributed by atoms with Crippen LogP contribution in [0.15, 0.2) is 0 Å². The zero-order valence-electron chi connectivity index (χ0n) is 13.4. The van der Waals surface area contributed by atoms with Crippen LogP contribution in [0.4, 0.5) is 0 Å². The molecule has 2 aliphatic rings. The molecule has 2 nitrogen and oxygen atoms in total. The molecule has 1 aliphatic heterocycles. The van der Waals surface area contributed by atoms with Gasteiger partial charge in [-0.2, -0.15) is 0 Å². The van der Waals surface area contributed by atoms with E-state index in [1.807, 2.05) is 0 Å². The van der Waals surface area contributed by atoms with E-state index in [1.54, 1.807) is 0 Å². The van der Waals surface area contributed by atoms with Gasteiger partial charge in [0, 0.05) is 24.5 Å². The number of hydrogen-bond acceptors (Lipinski definition) is 2. The summed E-state index contributed by atoms with van der Waals surface area (Å²) in [7, 11) is 0. The van der Waals surface area contributed by atoms with Gasteiger partial charge in [0.05, 0.1) is 12.7 Å². The maximum absolute atomic E-state index is 6.03. The maximum Gasteiger partial charge on any atom is 0.0730 e. The molecule has 0 aromatic heterocycles. The third kappa shape index (κ3) is 3.98. The van der Waals surface area contributed by atoms with E-state index in [-0.39, 0.29) is 0 Å². The summed E-state index contributed by atoms with van der Waals surface area (Å²) in [5.41, 5.74) is 0.475. The quantitative estimate of drug-likeness (QED) is 0.624. The first-order valence-electron chi connectivity index (χ1n) is 8.66. The third-order valence-corrected chi connectivity index (χ3v) is 6.42. The molecular formula is C17H32BrNO. The lowest BCUT2D eigenvalue weighted by Crippen LogP contribution is -2.55. The van der Waals surface area contributed by atoms with Crippen LogP contribution in [-0.2, 0) is 4.74 Å². The van der Waals surface area contributed by atoms with Crippen LogP contribution in [0.3, 0.4) is 0 Å². The van der Waals surface area contributed by atoms with E-state index in [0.29, 0.717) is 17.6 Å². The number of fused-ring (bicyclic) bond motifs is 1. The van der Waals surface area contributed by atoms with E-state index in [0.717, 1.165) is 18.5 Å². The Bertz CT molecular complexity index is 276. The second-order valence-electron chi connectivity index (χ2n) is 6.87. The third-order valence-electron chi connectivity index (χ3n) is 5.23. The topological polar surface area (TPSA) is 12.5 Å². The Morgan fingerprint density at radius 1 is 1.15 bits per heavy atom. The molecule has 20 heavy (non-hydrogen) atoms. The fourth-order valence-electron chi connectivity index (χ4n) is 4.32. The summed E-state index contributed by atoms with van der Waals surface area (Å²) < 4.78 is 6.03. The standard InChI is InChI=1S/C17H32BrNO/c1-3-9-17(13-18,10-4-2)14-19-11-12-20-16-8-6-5-7-15(16)19/h15-16H,3-14H2,1-2H3. The van der Waals surface area contributed by atoms with Gasteiger partial charge >= 0.3 is 0 Å². The largest absolute Gasteiger partial charge is 0.375 e. The highest BCUT2D eigenvalue weighted by molar-refractivity contribution is 9.09. The molecule has 0 aromatic carbocycles. The van der Waals surface area contributed by atoms with Crippen molar-refractivity contribution in [3.05, 3.63) is 0 Å². The first-order chi connectivity index (χ1) is 9.74. The molecule has 2 atom stereocenters. The molecule has 0 aromatic rings. The Balaban J connectivity index is 2.03. The SMILES string of the molecule is CCCC(CBr)(CCC)CN1CCOC2CCCCC21. The first-order valence-corrected chi connectivity index (χ1v) is 9.78. The van der Waals surface area contributed by atoms with Gasteiger partial charge in [-0.05, 0) is 31.1 Å². The molecule has 2 unspecified atom stereocenters. The monoisotopic (exact) mass is 345 g/mol. The molecule has 0 radical (unpaired) electrons. The first kappa shape index (κ1) is 16.8. The van der Waals surface area contributed by atoms with E-state index in [4.69, 9.17) is 4.74 Å². The van der Waals surface area contributed by atoms with Crippen molar-refractivity contribution in [1.29, 1.82) is 0 Å². The van der Waals surface area contributed by atoms with Crippen molar-refractivity contribution in [3.63, 3.8) is 0 Å². The molecule has 0 N–H and O–H groups in total. The summed E-state index contributed by atoms with van der Waals surface area (Å²) in [6.07, 6.45) is 11.2. The minimum absolute atomic E-state index is 0.475. The van der Waals surface area contributed by atoms with Gasteiger partial charge in [0.25, 0.3) is 0 Å². The maximum atomic E-state index is 6.03. The number of alkyl halides is 1. The number of halogens is 1. The molecule has 3 heteroatoms. The van der Waals surface area contributed by atoms with Gasteiger partial charge in [-0.15, -0.1) is 0 Å². The highest BCUT2D eigenvalue weighted by Crippen LogP contribution is 2.36. The van der Waals surface area contributed by atoms with Gasteiger partial charge in [-0.1, -0.05) is 55.5 Å². The summed E-state index contributed by atoms with van der Waals surface area (Å²) in [5.74, 6) is 0. The predicted molar refractivity (Wildman–Crippen MR) is 89.6 cm³/mol. The van der Waals surface area contributed by atoms with Crippen LogP contribution in [0.1, 0.15) is 65.2 Å². The Hall–Kier alpha value is 0.400. The molecule has 1 aliphatic carbocycles. The van der Waals surface area contributed by atoms with Crippen molar-refractivity contribution < 1.29 is 4.74 Å². The van der Waals surface area contributed by atoms with E-state index < -0.39 is 0 Å². The molecule has 0 amide bonds. The summed E-state index contributed by atoms with van der Waals surface area (Å²) in [4.78, 5) is 2.78. The zero-order valence-corrected chi connectivity index (χ0v) is 15.0. The van der Waals surface area contributed by atoms with Gasteiger partial charge in [0.15, 0.2) is 0 Å².